The molecule has 0 aromatic heterocycles. The van der Waals surface area contributed by atoms with Gasteiger partial charge in [-0.05, 0) is 44.4 Å². The molecule has 3 atom stereocenters. The maximum absolute atomic E-state index is 13.6. The Kier molecular flexibility index (Phi) is 8.70. The average molecular weight is 321 g/mol. The summed E-state index contributed by atoms with van der Waals surface area (Å²) < 4.78 is 18.8. The fourth-order valence-electron chi connectivity index (χ4n) is 3.08. The predicted octanol–water partition coefficient (Wildman–Crippen LogP) is 4.42. The maximum atomic E-state index is 13.6. The number of esters is 1. The molecule has 3 unspecified atom stereocenters. The average Bonchev–Trinajstić information content (AvgIpc) is 2.56. The number of carbonyl (C=O) groups excluding carboxylic acids is 1. The first kappa shape index (κ1) is 19.5. The zero-order valence-electron chi connectivity index (χ0n) is 14.5. The van der Waals surface area contributed by atoms with Gasteiger partial charge in [-0.1, -0.05) is 26.7 Å². The lowest BCUT2D eigenvalue weighted by Crippen LogP contribution is -2.31. The van der Waals surface area contributed by atoms with Crippen LogP contribution in [-0.4, -0.2) is 18.2 Å². The zero-order valence-corrected chi connectivity index (χ0v) is 14.5. The molecule has 2 aliphatic carbocycles. The Balaban J connectivity index is 0.00000127. The van der Waals surface area contributed by atoms with Crippen LogP contribution >= 0.6 is 0 Å². The number of ether oxygens (including phenoxy) is 1. The molecule has 0 aliphatic heterocycles. The molecule has 0 saturated heterocycles. The fourth-order valence-corrected chi connectivity index (χ4v) is 3.08. The Morgan fingerprint density at radius 2 is 1.78 bits per heavy atom. The van der Waals surface area contributed by atoms with Crippen LogP contribution in [0.5, 0.6) is 0 Å². The topological polar surface area (TPSA) is 50.1 Å². The number of nitriles is 1. The number of hydrogen-bond donors (Lipinski definition) is 0. The second kappa shape index (κ2) is 10.3. The van der Waals surface area contributed by atoms with Crippen molar-refractivity contribution in [1.29, 1.82) is 5.26 Å². The summed E-state index contributed by atoms with van der Waals surface area (Å²) in [4.78, 5) is 11.7. The minimum absolute atomic E-state index is 0.118. The summed E-state index contributed by atoms with van der Waals surface area (Å²) in [5, 5.41) is 8.76. The molecule has 0 radical (unpaired) electrons. The number of halogens is 1. The molecule has 2 aliphatic rings. The second-order valence-corrected chi connectivity index (χ2v) is 6.32. The molecule has 0 amide bonds. The lowest BCUT2D eigenvalue weighted by Gasteiger charge is -2.27. The highest BCUT2D eigenvalue weighted by Gasteiger charge is 2.32. The van der Waals surface area contributed by atoms with Crippen LogP contribution in [0.25, 0.3) is 0 Å². The van der Waals surface area contributed by atoms with E-state index in [2.05, 4.69) is 18.8 Å². The lowest BCUT2D eigenvalue weighted by atomic mass is 9.83. The summed E-state index contributed by atoms with van der Waals surface area (Å²) in [6.07, 6.45) is 3.89. The van der Waals surface area contributed by atoms with E-state index in [1.807, 2.05) is 19.9 Å². The molecule has 0 bridgehead atoms. The molecule has 4 heteroatoms. The van der Waals surface area contributed by atoms with Crippen molar-refractivity contribution in [2.75, 3.05) is 0 Å². The van der Waals surface area contributed by atoms with Crippen LogP contribution in [0, 0.1) is 40.9 Å². The van der Waals surface area contributed by atoms with Gasteiger partial charge in [0.25, 0.3) is 0 Å². The Morgan fingerprint density at radius 1 is 1.13 bits per heavy atom. The van der Waals surface area contributed by atoms with E-state index >= 15 is 0 Å². The molecule has 128 valence electrons. The summed E-state index contributed by atoms with van der Waals surface area (Å²) in [6.45, 7) is 6.24. The Hall–Kier alpha value is -1.55. The van der Waals surface area contributed by atoms with Crippen molar-refractivity contribution in [1.82, 2.24) is 0 Å². The normalized spacial score (nSPS) is 33.1. The van der Waals surface area contributed by atoms with Gasteiger partial charge < -0.3 is 4.74 Å². The molecule has 2 saturated carbocycles. The van der Waals surface area contributed by atoms with Gasteiger partial charge in [0, 0.05) is 18.3 Å². The van der Waals surface area contributed by atoms with E-state index in [0.717, 1.165) is 31.6 Å². The molecule has 3 nitrogen and oxygen atoms in total. The number of rotatable bonds is 1. The van der Waals surface area contributed by atoms with Crippen LogP contribution < -0.4 is 0 Å². The molecule has 0 aromatic rings. The van der Waals surface area contributed by atoms with E-state index in [1.54, 1.807) is 0 Å². The van der Waals surface area contributed by atoms with E-state index < -0.39 is 24.2 Å². The minimum atomic E-state index is -1.20. The van der Waals surface area contributed by atoms with E-state index in [1.165, 1.54) is 0 Å². The van der Waals surface area contributed by atoms with Crippen LogP contribution in [0.4, 0.5) is 4.39 Å². The van der Waals surface area contributed by atoms with Crippen LogP contribution in [0.1, 0.15) is 65.7 Å². The van der Waals surface area contributed by atoms with Crippen molar-refractivity contribution < 1.29 is 13.9 Å². The van der Waals surface area contributed by atoms with Crippen molar-refractivity contribution in [3.05, 3.63) is 0 Å². The van der Waals surface area contributed by atoms with Crippen molar-refractivity contribution in [2.45, 2.75) is 78.0 Å². The third kappa shape index (κ3) is 6.61. The number of alkyl halides is 1. The highest BCUT2D eigenvalue weighted by molar-refractivity contribution is 5.88. The lowest BCUT2D eigenvalue weighted by molar-refractivity contribution is -0.144. The standard InChI is InChI=1S/C17H22FNO2.C2H6/c1-12-2-4-13(5-3-12)6-9-17(20)21-15-8-7-14(11-19)16(18)10-15;1-2/h12-16H,2-5,7-8,10H2,1H3;1-2H3. The molecule has 2 fully saturated rings. The van der Waals surface area contributed by atoms with E-state index in [9.17, 15) is 9.18 Å². The largest absolute Gasteiger partial charge is 0.453 e. The SMILES string of the molecule is CC.CC1CCC(C#CC(=O)OC2CCC(C#N)C(F)C2)CC1. The van der Waals surface area contributed by atoms with E-state index in [4.69, 9.17) is 10.00 Å². The Labute approximate surface area is 139 Å². The van der Waals surface area contributed by atoms with Crippen LogP contribution in [-0.2, 0) is 9.53 Å². The molecule has 0 aromatic carbocycles. The van der Waals surface area contributed by atoms with Crippen molar-refractivity contribution >= 4 is 5.97 Å². The van der Waals surface area contributed by atoms with Gasteiger partial charge in [-0.15, -0.1) is 0 Å². The van der Waals surface area contributed by atoms with E-state index in [-0.39, 0.29) is 12.3 Å². The van der Waals surface area contributed by atoms with Gasteiger partial charge >= 0.3 is 5.97 Å². The summed E-state index contributed by atoms with van der Waals surface area (Å²) in [5.41, 5.74) is 0. The zero-order chi connectivity index (χ0) is 17.2. The first-order chi connectivity index (χ1) is 11.1. The molecular formula is C19H28FNO2. The summed E-state index contributed by atoms with van der Waals surface area (Å²) in [7, 11) is 0. The molecular weight excluding hydrogens is 293 g/mol. The van der Waals surface area contributed by atoms with Crippen molar-refractivity contribution in [3.63, 3.8) is 0 Å². The van der Waals surface area contributed by atoms with Crippen molar-refractivity contribution in [2.24, 2.45) is 17.8 Å². The van der Waals surface area contributed by atoms with Crippen molar-refractivity contribution in [3.8, 4) is 17.9 Å². The van der Waals surface area contributed by atoms with Gasteiger partial charge in [0.1, 0.15) is 12.3 Å². The van der Waals surface area contributed by atoms with Crippen LogP contribution in [0.3, 0.4) is 0 Å². The molecule has 2 rings (SSSR count). The van der Waals surface area contributed by atoms with Crippen LogP contribution in [0.2, 0.25) is 0 Å². The molecule has 0 N–H and O–H groups in total. The first-order valence-electron chi connectivity index (χ1n) is 8.84. The fraction of sp³-hybridized carbons (Fsp3) is 0.789. The Bertz CT molecular complexity index is 466. The van der Waals surface area contributed by atoms with E-state index in [0.29, 0.717) is 12.8 Å². The smallest absolute Gasteiger partial charge is 0.384 e. The van der Waals surface area contributed by atoms with Gasteiger partial charge in [0.05, 0.1) is 12.0 Å². The molecule has 23 heavy (non-hydrogen) atoms. The van der Waals surface area contributed by atoms with Gasteiger partial charge in [0.2, 0.25) is 0 Å². The third-order valence-corrected chi connectivity index (χ3v) is 4.56. The minimum Gasteiger partial charge on any atom is -0.453 e. The second-order valence-electron chi connectivity index (χ2n) is 6.32. The monoisotopic (exact) mass is 321 g/mol. The quantitative estimate of drug-likeness (QED) is 0.408. The maximum Gasteiger partial charge on any atom is 0.384 e. The summed E-state index contributed by atoms with van der Waals surface area (Å²) in [5.74, 6) is 5.48. The highest BCUT2D eigenvalue weighted by atomic mass is 19.1. The third-order valence-electron chi connectivity index (χ3n) is 4.56. The number of carbonyl (C=O) groups is 1. The number of nitrogens with zero attached hydrogens (tertiary/aromatic N) is 1. The predicted molar refractivity (Wildman–Crippen MR) is 88.0 cm³/mol. The van der Waals surface area contributed by atoms with Crippen LogP contribution in [0.15, 0.2) is 0 Å². The highest BCUT2D eigenvalue weighted by Crippen LogP contribution is 2.29. The molecule has 0 heterocycles. The molecule has 0 spiro atoms. The first-order valence-corrected chi connectivity index (χ1v) is 8.84. The Morgan fingerprint density at radius 3 is 2.35 bits per heavy atom. The number of hydrogen-bond acceptors (Lipinski definition) is 3. The van der Waals surface area contributed by atoms with Gasteiger partial charge in [0.15, 0.2) is 0 Å². The van der Waals surface area contributed by atoms with Gasteiger partial charge in [-0.25, -0.2) is 9.18 Å². The van der Waals surface area contributed by atoms with Gasteiger partial charge in [-0.2, -0.15) is 5.26 Å². The van der Waals surface area contributed by atoms with Gasteiger partial charge in [-0.3, -0.25) is 0 Å². The summed E-state index contributed by atoms with van der Waals surface area (Å²) in [6, 6.07) is 1.96. The summed E-state index contributed by atoms with van der Waals surface area (Å²) >= 11 is 0.